The Morgan fingerprint density at radius 2 is 2.06 bits per heavy atom. The van der Waals surface area contributed by atoms with Crippen LogP contribution in [0.15, 0.2) is 58.2 Å². The van der Waals surface area contributed by atoms with Crippen molar-refractivity contribution in [3.8, 4) is 0 Å². The summed E-state index contributed by atoms with van der Waals surface area (Å²) in [7, 11) is 0. The molecule has 0 bridgehead atoms. The number of benzene rings is 1. The molecule has 0 aliphatic carbocycles. The highest BCUT2D eigenvalue weighted by molar-refractivity contribution is 7.98. The SMILES string of the molecule is c1coc(CSc2cc3ccccc3[nH]2)c1. The molecule has 80 valence electrons. The Kier molecular flexibility index (Phi) is 2.46. The normalized spacial score (nSPS) is 11.0. The van der Waals surface area contributed by atoms with Crippen molar-refractivity contribution in [1.29, 1.82) is 0 Å². The third-order valence-electron chi connectivity index (χ3n) is 2.46. The van der Waals surface area contributed by atoms with E-state index in [2.05, 4.69) is 29.2 Å². The molecule has 3 rings (SSSR count). The molecule has 1 N–H and O–H groups in total. The van der Waals surface area contributed by atoms with Crippen LogP contribution in [-0.4, -0.2) is 4.98 Å². The predicted molar refractivity (Wildman–Crippen MR) is 66.6 cm³/mol. The molecule has 3 aromatic rings. The Bertz CT molecular complexity index is 550. The monoisotopic (exact) mass is 229 g/mol. The molecule has 16 heavy (non-hydrogen) atoms. The largest absolute Gasteiger partial charge is 0.468 e. The van der Waals surface area contributed by atoms with Crippen molar-refractivity contribution in [2.24, 2.45) is 0 Å². The van der Waals surface area contributed by atoms with Gasteiger partial charge in [-0.25, -0.2) is 0 Å². The van der Waals surface area contributed by atoms with Crippen LogP contribution >= 0.6 is 11.8 Å². The summed E-state index contributed by atoms with van der Waals surface area (Å²) in [5, 5.41) is 2.43. The van der Waals surface area contributed by atoms with Crippen molar-refractivity contribution < 1.29 is 4.42 Å². The number of rotatable bonds is 3. The number of aromatic nitrogens is 1. The maximum atomic E-state index is 5.29. The smallest absolute Gasteiger partial charge is 0.114 e. The van der Waals surface area contributed by atoms with E-state index in [0.29, 0.717) is 0 Å². The van der Waals surface area contributed by atoms with Crippen LogP contribution < -0.4 is 0 Å². The molecule has 0 aliphatic heterocycles. The quantitative estimate of drug-likeness (QED) is 0.686. The van der Waals surface area contributed by atoms with E-state index < -0.39 is 0 Å². The second-order valence-corrected chi connectivity index (χ2v) is 4.61. The number of para-hydroxylation sites is 1. The highest BCUT2D eigenvalue weighted by Gasteiger charge is 2.02. The molecule has 3 heteroatoms. The topological polar surface area (TPSA) is 28.9 Å². The minimum absolute atomic E-state index is 0.861. The maximum absolute atomic E-state index is 5.29. The average Bonchev–Trinajstić information content (AvgIpc) is 2.95. The van der Waals surface area contributed by atoms with Crippen LogP contribution in [0.1, 0.15) is 5.76 Å². The van der Waals surface area contributed by atoms with Gasteiger partial charge in [-0.3, -0.25) is 0 Å². The number of hydrogen-bond acceptors (Lipinski definition) is 2. The summed E-state index contributed by atoms with van der Waals surface area (Å²) >= 11 is 1.75. The van der Waals surface area contributed by atoms with E-state index in [-0.39, 0.29) is 0 Å². The van der Waals surface area contributed by atoms with Crippen LogP contribution in [0.5, 0.6) is 0 Å². The van der Waals surface area contributed by atoms with Crippen molar-refractivity contribution in [2.45, 2.75) is 10.8 Å². The Balaban J connectivity index is 1.79. The van der Waals surface area contributed by atoms with Gasteiger partial charge in [0.15, 0.2) is 0 Å². The number of fused-ring (bicyclic) bond motifs is 1. The van der Waals surface area contributed by atoms with Gasteiger partial charge in [-0.2, -0.15) is 0 Å². The molecule has 0 unspecified atom stereocenters. The van der Waals surface area contributed by atoms with Crippen LogP contribution in [0, 0.1) is 0 Å². The number of hydrogen-bond donors (Lipinski definition) is 1. The lowest BCUT2D eigenvalue weighted by atomic mass is 10.3. The molecule has 2 aromatic heterocycles. The number of nitrogens with one attached hydrogen (secondary N) is 1. The second-order valence-electron chi connectivity index (χ2n) is 3.59. The average molecular weight is 229 g/mol. The van der Waals surface area contributed by atoms with Crippen molar-refractivity contribution in [1.82, 2.24) is 4.98 Å². The molecule has 0 amide bonds. The van der Waals surface area contributed by atoms with E-state index in [0.717, 1.165) is 11.5 Å². The minimum Gasteiger partial charge on any atom is -0.468 e. The van der Waals surface area contributed by atoms with Gasteiger partial charge in [0.05, 0.1) is 17.0 Å². The summed E-state index contributed by atoms with van der Waals surface area (Å²) in [6.45, 7) is 0. The van der Waals surface area contributed by atoms with Gasteiger partial charge in [0.25, 0.3) is 0 Å². The van der Waals surface area contributed by atoms with Gasteiger partial charge in [-0.15, -0.1) is 11.8 Å². The molecule has 0 radical (unpaired) electrons. The predicted octanol–water partition coefficient (Wildman–Crippen LogP) is 4.05. The van der Waals surface area contributed by atoms with Gasteiger partial charge in [-0.1, -0.05) is 18.2 Å². The Labute approximate surface area is 97.7 Å². The summed E-state index contributed by atoms with van der Waals surface area (Å²) in [5.41, 5.74) is 1.18. The number of aromatic amines is 1. The summed E-state index contributed by atoms with van der Waals surface area (Å²) in [5.74, 6) is 1.86. The summed E-state index contributed by atoms with van der Waals surface area (Å²) in [6, 6.07) is 14.4. The summed E-state index contributed by atoms with van der Waals surface area (Å²) < 4.78 is 5.29. The van der Waals surface area contributed by atoms with Crippen molar-refractivity contribution in [3.05, 3.63) is 54.5 Å². The molecule has 0 fully saturated rings. The van der Waals surface area contributed by atoms with E-state index in [1.807, 2.05) is 18.2 Å². The molecular formula is C13H11NOS. The van der Waals surface area contributed by atoms with Crippen LogP contribution in [0.4, 0.5) is 0 Å². The highest BCUT2D eigenvalue weighted by atomic mass is 32.2. The first kappa shape index (κ1) is 9.60. The zero-order valence-corrected chi connectivity index (χ0v) is 9.46. The first-order valence-electron chi connectivity index (χ1n) is 5.15. The van der Waals surface area contributed by atoms with Crippen molar-refractivity contribution in [3.63, 3.8) is 0 Å². The maximum Gasteiger partial charge on any atom is 0.114 e. The molecule has 2 heterocycles. The summed E-state index contributed by atoms with van der Waals surface area (Å²) in [6.07, 6.45) is 1.71. The Morgan fingerprint density at radius 1 is 1.12 bits per heavy atom. The van der Waals surface area contributed by atoms with Crippen molar-refractivity contribution in [2.75, 3.05) is 0 Å². The third kappa shape index (κ3) is 1.86. The minimum atomic E-state index is 0.861. The van der Waals surface area contributed by atoms with E-state index in [1.165, 1.54) is 15.9 Å². The fourth-order valence-electron chi connectivity index (χ4n) is 1.67. The van der Waals surface area contributed by atoms with Crippen LogP contribution in [-0.2, 0) is 5.75 Å². The van der Waals surface area contributed by atoms with E-state index in [1.54, 1.807) is 18.0 Å². The fourth-order valence-corrected chi connectivity index (χ4v) is 2.52. The van der Waals surface area contributed by atoms with Gasteiger partial charge < -0.3 is 9.40 Å². The molecule has 0 aliphatic rings. The van der Waals surface area contributed by atoms with Gasteiger partial charge in [-0.05, 0) is 24.3 Å². The Morgan fingerprint density at radius 3 is 2.88 bits per heavy atom. The van der Waals surface area contributed by atoms with Crippen molar-refractivity contribution >= 4 is 22.7 Å². The van der Waals surface area contributed by atoms with E-state index in [4.69, 9.17) is 4.42 Å². The van der Waals surface area contributed by atoms with Gasteiger partial charge >= 0.3 is 0 Å². The molecule has 1 aromatic carbocycles. The molecule has 0 atom stereocenters. The lowest BCUT2D eigenvalue weighted by Crippen LogP contribution is -1.74. The van der Waals surface area contributed by atoms with Crippen LogP contribution in [0.2, 0.25) is 0 Å². The van der Waals surface area contributed by atoms with Gasteiger partial charge in [0, 0.05) is 10.9 Å². The zero-order chi connectivity index (χ0) is 10.8. The number of furan rings is 1. The molecular weight excluding hydrogens is 218 g/mol. The van der Waals surface area contributed by atoms with E-state index >= 15 is 0 Å². The van der Waals surface area contributed by atoms with Gasteiger partial charge in [0.2, 0.25) is 0 Å². The van der Waals surface area contributed by atoms with Crippen LogP contribution in [0.25, 0.3) is 10.9 Å². The highest BCUT2D eigenvalue weighted by Crippen LogP contribution is 2.25. The standard InChI is InChI=1S/C13H11NOS/c1-2-6-12-10(4-1)8-13(14-12)16-9-11-5-3-7-15-11/h1-8,14H,9H2. The first-order chi connectivity index (χ1) is 7.92. The molecule has 0 saturated carbocycles. The summed E-state index contributed by atoms with van der Waals surface area (Å²) in [4.78, 5) is 3.38. The lowest BCUT2D eigenvalue weighted by Gasteiger charge is -1.94. The molecule has 0 saturated heterocycles. The second kappa shape index (κ2) is 4.10. The zero-order valence-electron chi connectivity index (χ0n) is 8.64. The first-order valence-corrected chi connectivity index (χ1v) is 6.13. The fraction of sp³-hybridized carbons (Fsp3) is 0.0769. The molecule has 0 spiro atoms. The van der Waals surface area contributed by atoms with Gasteiger partial charge in [0.1, 0.15) is 5.76 Å². The number of H-pyrrole nitrogens is 1. The Hall–Kier alpha value is -1.61. The van der Waals surface area contributed by atoms with Crippen LogP contribution in [0.3, 0.4) is 0 Å². The lowest BCUT2D eigenvalue weighted by molar-refractivity contribution is 0.530. The third-order valence-corrected chi connectivity index (χ3v) is 3.42. The molecule has 2 nitrogen and oxygen atoms in total. The van der Waals surface area contributed by atoms with E-state index in [9.17, 15) is 0 Å². The number of thioether (sulfide) groups is 1.